The highest BCUT2D eigenvalue weighted by molar-refractivity contribution is 7.89. The molecule has 0 heterocycles. The van der Waals surface area contributed by atoms with Crippen LogP contribution in [0.25, 0.3) is 0 Å². The number of carboxylic acid groups (broad SMARTS) is 1. The van der Waals surface area contributed by atoms with Gasteiger partial charge in [0.25, 0.3) is 0 Å². The quantitative estimate of drug-likeness (QED) is 0.842. The fraction of sp³-hybridized carbons (Fsp3) is 0.417. The summed E-state index contributed by atoms with van der Waals surface area (Å²) in [5, 5.41) is 8.99. The molecule has 20 heavy (non-hydrogen) atoms. The maximum Gasteiger partial charge on any atom is 0.324 e. The Morgan fingerprint density at radius 2 is 2.10 bits per heavy atom. The molecule has 112 valence electrons. The Hall–Kier alpha value is -1.18. The van der Waals surface area contributed by atoms with Crippen LogP contribution < -0.4 is 4.72 Å². The van der Waals surface area contributed by atoms with Crippen molar-refractivity contribution in [2.75, 3.05) is 0 Å². The summed E-state index contributed by atoms with van der Waals surface area (Å²) in [7, 11) is -4.24. The molecule has 0 aromatic heterocycles. The summed E-state index contributed by atoms with van der Waals surface area (Å²) < 4.78 is 39.6. The van der Waals surface area contributed by atoms with E-state index in [0.29, 0.717) is 6.42 Å². The molecule has 0 aliphatic carbocycles. The van der Waals surface area contributed by atoms with Crippen LogP contribution in [0.4, 0.5) is 4.39 Å². The van der Waals surface area contributed by atoms with Crippen LogP contribution in [0.1, 0.15) is 26.7 Å². The van der Waals surface area contributed by atoms with Crippen LogP contribution >= 0.6 is 11.6 Å². The van der Waals surface area contributed by atoms with Gasteiger partial charge in [0.05, 0.1) is 5.02 Å². The van der Waals surface area contributed by atoms with Crippen molar-refractivity contribution in [3.8, 4) is 0 Å². The van der Waals surface area contributed by atoms with E-state index in [2.05, 4.69) is 4.72 Å². The monoisotopic (exact) mass is 323 g/mol. The molecule has 2 N–H and O–H groups in total. The Morgan fingerprint density at radius 3 is 2.60 bits per heavy atom. The van der Waals surface area contributed by atoms with E-state index in [4.69, 9.17) is 16.7 Å². The lowest BCUT2D eigenvalue weighted by Crippen LogP contribution is -2.52. The van der Waals surface area contributed by atoms with Crippen LogP contribution in [0.3, 0.4) is 0 Å². The standard InChI is InChI=1S/C12H15ClFNO4S/c1-3-6-12(2,11(16)17)15-20(18,19)10-7-8(14)4-5-9(10)13/h4-5,7,15H,3,6H2,1-2H3,(H,16,17). The summed E-state index contributed by atoms with van der Waals surface area (Å²) in [6, 6.07) is 2.87. The second-order valence-electron chi connectivity index (χ2n) is 4.57. The van der Waals surface area contributed by atoms with E-state index in [1.807, 2.05) is 0 Å². The largest absolute Gasteiger partial charge is 0.480 e. The maximum atomic E-state index is 13.1. The number of carbonyl (C=O) groups is 1. The van der Waals surface area contributed by atoms with E-state index in [9.17, 15) is 17.6 Å². The summed E-state index contributed by atoms with van der Waals surface area (Å²) in [5.41, 5.74) is -1.68. The summed E-state index contributed by atoms with van der Waals surface area (Å²) in [5.74, 6) is -2.09. The molecular weight excluding hydrogens is 309 g/mol. The minimum Gasteiger partial charge on any atom is -0.480 e. The van der Waals surface area contributed by atoms with E-state index >= 15 is 0 Å². The van der Waals surface area contributed by atoms with E-state index < -0.39 is 32.2 Å². The number of hydrogen-bond acceptors (Lipinski definition) is 3. The first-order valence-corrected chi connectivity index (χ1v) is 7.71. The Morgan fingerprint density at radius 1 is 1.50 bits per heavy atom. The molecule has 0 fully saturated rings. The molecule has 1 rings (SSSR count). The van der Waals surface area contributed by atoms with Gasteiger partial charge in [-0.25, -0.2) is 12.8 Å². The smallest absolute Gasteiger partial charge is 0.324 e. The summed E-state index contributed by atoms with van der Waals surface area (Å²) in [6.45, 7) is 2.98. The summed E-state index contributed by atoms with van der Waals surface area (Å²) >= 11 is 5.73. The molecule has 1 unspecified atom stereocenters. The Labute approximate surface area is 121 Å². The number of hydrogen-bond donors (Lipinski definition) is 2. The van der Waals surface area contributed by atoms with Crippen LogP contribution in [0.2, 0.25) is 5.02 Å². The molecule has 0 radical (unpaired) electrons. The SMILES string of the molecule is CCCC(C)(NS(=O)(=O)c1cc(F)ccc1Cl)C(=O)O. The van der Waals surface area contributed by atoms with E-state index in [1.54, 1.807) is 6.92 Å². The minimum absolute atomic E-state index is 0.0918. The van der Waals surface area contributed by atoms with Gasteiger partial charge in [-0.15, -0.1) is 0 Å². The lowest BCUT2D eigenvalue weighted by molar-refractivity contribution is -0.143. The van der Waals surface area contributed by atoms with Crippen molar-refractivity contribution in [2.45, 2.75) is 37.1 Å². The highest BCUT2D eigenvalue weighted by atomic mass is 35.5. The first kappa shape index (κ1) is 16.9. The maximum absolute atomic E-state index is 13.1. The van der Waals surface area contributed by atoms with Crippen molar-refractivity contribution < 1.29 is 22.7 Å². The third-order valence-electron chi connectivity index (χ3n) is 2.76. The van der Waals surface area contributed by atoms with E-state index in [1.165, 1.54) is 6.92 Å². The topological polar surface area (TPSA) is 83.5 Å². The average Bonchev–Trinajstić information content (AvgIpc) is 2.31. The number of sulfonamides is 1. The average molecular weight is 324 g/mol. The number of benzene rings is 1. The Kier molecular flexibility index (Phi) is 5.12. The second-order valence-corrected chi connectivity index (χ2v) is 6.63. The number of rotatable bonds is 6. The highest BCUT2D eigenvalue weighted by Gasteiger charge is 2.37. The van der Waals surface area contributed by atoms with Crippen molar-refractivity contribution in [1.29, 1.82) is 0 Å². The lowest BCUT2D eigenvalue weighted by atomic mass is 9.98. The molecular formula is C12H15ClFNO4S. The van der Waals surface area contributed by atoms with Gasteiger partial charge in [0.15, 0.2) is 0 Å². The van der Waals surface area contributed by atoms with Gasteiger partial charge in [-0.3, -0.25) is 4.79 Å². The lowest BCUT2D eigenvalue weighted by Gasteiger charge is -2.25. The number of nitrogens with one attached hydrogen (secondary N) is 1. The van der Waals surface area contributed by atoms with Gasteiger partial charge in [-0.2, -0.15) is 4.72 Å². The molecule has 0 amide bonds. The first-order chi connectivity index (χ1) is 9.12. The molecule has 0 aliphatic rings. The van der Waals surface area contributed by atoms with Crippen LogP contribution in [-0.2, 0) is 14.8 Å². The van der Waals surface area contributed by atoms with Gasteiger partial charge in [0.2, 0.25) is 10.0 Å². The van der Waals surface area contributed by atoms with Gasteiger partial charge >= 0.3 is 5.97 Å². The fourth-order valence-corrected chi connectivity index (χ4v) is 3.64. The van der Waals surface area contributed by atoms with Gasteiger partial charge in [-0.05, 0) is 31.5 Å². The number of aliphatic carboxylic acids is 1. The molecule has 0 saturated heterocycles. The van der Waals surface area contributed by atoms with Crippen LogP contribution in [0.15, 0.2) is 23.1 Å². The zero-order chi connectivity index (χ0) is 15.6. The van der Waals surface area contributed by atoms with E-state index in [0.717, 1.165) is 18.2 Å². The molecule has 8 heteroatoms. The Balaban J connectivity index is 3.23. The van der Waals surface area contributed by atoms with Crippen molar-refractivity contribution in [3.05, 3.63) is 29.0 Å². The predicted molar refractivity (Wildman–Crippen MR) is 72.7 cm³/mol. The summed E-state index contributed by atoms with van der Waals surface area (Å²) in [6.07, 6.45) is 0.552. The molecule has 0 saturated carbocycles. The van der Waals surface area contributed by atoms with Crippen LogP contribution in [0.5, 0.6) is 0 Å². The van der Waals surface area contributed by atoms with Crippen LogP contribution in [-0.4, -0.2) is 25.0 Å². The number of halogens is 2. The fourth-order valence-electron chi connectivity index (χ4n) is 1.74. The van der Waals surface area contributed by atoms with Gasteiger partial charge in [0.1, 0.15) is 16.3 Å². The molecule has 5 nitrogen and oxygen atoms in total. The van der Waals surface area contributed by atoms with E-state index in [-0.39, 0.29) is 11.4 Å². The highest BCUT2D eigenvalue weighted by Crippen LogP contribution is 2.24. The molecule has 1 aromatic rings. The van der Waals surface area contributed by atoms with Crippen molar-refractivity contribution in [2.24, 2.45) is 0 Å². The molecule has 0 aliphatic heterocycles. The zero-order valence-electron chi connectivity index (χ0n) is 11.0. The Bertz CT molecular complexity index is 620. The third kappa shape index (κ3) is 3.68. The van der Waals surface area contributed by atoms with Gasteiger partial charge < -0.3 is 5.11 Å². The first-order valence-electron chi connectivity index (χ1n) is 5.85. The van der Waals surface area contributed by atoms with Crippen molar-refractivity contribution >= 4 is 27.6 Å². The number of carboxylic acids is 1. The second kappa shape index (κ2) is 6.07. The minimum atomic E-state index is -4.24. The summed E-state index contributed by atoms with van der Waals surface area (Å²) in [4.78, 5) is 10.8. The normalized spacial score (nSPS) is 14.8. The van der Waals surface area contributed by atoms with Gasteiger partial charge in [0, 0.05) is 0 Å². The van der Waals surface area contributed by atoms with Crippen molar-refractivity contribution in [1.82, 2.24) is 4.72 Å². The predicted octanol–water partition coefficient (Wildman–Crippen LogP) is 2.40. The van der Waals surface area contributed by atoms with Crippen molar-refractivity contribution in [3.63, 3.8) is 0 Å². The van der Waals surface area contributed by atoms with Gasteiger partial charge in [-0.1, -0.05) is 24.9 Å². The molecule has 1 aromatic carbocycles. The zero-order valence-corrected chi connectivity index (χ0v) is 12.6. The molecule has 1 atom stereocenters. The molecule has 0 spiro atoms. The van der Waals surface area contributed by atoms with Crippen LogP contribution in [0, 0.1) is 5.82 Å². The third-order valence-corrected chi connectivity index (χ3v) is 4.84. The molecule has 0 bridgehead atoms.